The highest BCUT2D eigenvalue weighted by Crippen LogP contribution is 2.16. The van der Waals surface area contributed by atoms with Crippen LogP contribution in [0.2, 0.25) is 0 Å². The molecule has 0 fully saturated rings. The summed E-state index contributed by atoms with van der Waals surface area (Å²) in [5, 5.41) is 0. The van der Waals surface area contributed by atoms with Crippen LogP contribution in [0.25, 0.3) is 0 Å². The lowest BCUT2D eigenvalue weighted by Crippen LogP contribution is -1.88. The minimum atomic E-state index is 0.709. The van der Waals surface area contributed by atoms with Gasteiger partial charge >= 0.3 is 0 Å². The third kappa shape index (κ3) is 10.4. The van der Waals surface area contributed by atoms with Gasteiger partial charge in [-0.2, -0.15) is 0 Å². The molecule has 1 unspecified atom stereocenters. The molecule has 0 nitrogen and oxygen atoms in total. The lowest BCUT2D eigenvalue weighted by atomic mass is 9.99. The van der Waals surface area contributed by atoms with Crippen molar-refractivity contribution in [1.82, 2.24) is 0 Å². The van der Waals surface area contributed by atoms with Crippen LogP contribution in [0.4, 0.5) is 0 Å². The predicted octanol–water partition coefficient (Wildman–Crippen LogP) is 8.09. The largest absolute Gasteiger partial charge is 0.0651 e. The Bertz CT molecular complexity index is 671. The van der Waals surface area contributed by atoms with E-state index in [1.54, 1.807) is 0 Å². The topological polar surface area (TPSA) is 0 Å². The Labute approximate surface area is 167 Å². The number of hydrogen-bond acceptors (Lipinski definition) is 0. The van der Waals surface area contributed by atoms with Gasteiger partial charge < -0.3 is 0 Å². The Hall–Kier alpha value is -2.34. The van der Waals surface area contributed by atoms with Gasteiger partial charge in [-0.3, -0.25) is 0 Å². The monoisotopic (exact) mass is 360 g/mol. The van der Waals surface area contributed by atoms with Gasteiger partial charge in [0.2, 0.25) is 0 Å². The van der Waals surface area contributed by atoms with E-state index in [0.717, 1.165) is 6.42 Å². The maximum absolute atomic E-state index is 2.26. The smallest absolute Gasteiger partial charge is 0.0193 e. The van der Waals surface area contributed by atoms with E-state index in [-0.39, 0.29) is 0 Å². The average molecular weight is 361 g/mol. The average Bonchev–Trinajstić information content (AvgIpc) is 2.76. The molecule has 0 heteroatoms. The maximum Gasteiger partial charge on any atom is -0.0193 e. The summed E-state index contributed by atoms with van der Waals surface area (Å²) in [7, 11) is 0. The summed E-state index contributed by atoms with van der Waals surface area (Å²) in [5.74, 6) is 0.709. The van der Waals surface area contributed by atoms with Gasteiger partial charge in [0.15, 0.2) is 0 Å². The molecule has 144 valence electrons. The molecule has 3 aromatic carbocycles. The first-order valence-corrected chi connectivity index (χ1v) is 10.3. The molecule has 0 amide bonds. The zero-order chi connectivity index (χ0) is 19.7. The van der Waals surface area contributed by atoms with E-state index >= 15 is 0 Å². The predicted molar refractivity (Wildman–Crippen MR) is 121 cm³/mol. The van der Waals surface area contributed by atoms with Crippen LogP contribution >= 0.6 is 0 Å². The fourth-order valence-corrected chi connectivity index (χ4v) is 2.66. The van der Waals surface area contributed by atoms with Crippen molar-refractivity contribution >= 4 is 0 Å². The number of hydrogen-bond donors (Lipinski definition) is 0. The summed E-state index contributed by atoms with van der Waals surface area (Å²) in [6, 6.07) is 31.7. The van der Waals surface area contributed by atoms with Crippen molar-refractivity contribution in [2.45, 2.75) is 59.3 Å². The molecule has 0 radical (unpaired) electrons. The van der Waals surface area contributed by atoms with Crippen molar-refractivity contribution in [3.63, 3.8) is 0 Å². The summed E-state index contributed by atoms with van der Waals surface area (Å²) < 4.78 is 0. The van der Waals surface area contributed by atoms with Gasteiger partial charge in [0.25, 0.3) is 0 Å². The summed E-state index contributed by atoms with van der Waals surface area (Å²) in [5.41, 5.74) is 4.30. The van der Waals surface area contributed by atoms with Gasteiger partial charge in [0.05, 0.1) is 0 Å². The number of rotatable bonds is 5. The molecule has 27 heavy (non-hydrogen) atoms. The summed E-state index contributed by atoms with van der Waals surface area (Å²) in [6.45, 7) is 8.84. The summed E-state index contributed by atoms with van der Waals surface area (Å²) in [6.07, 6.45) is 4.82. The Kier molecular flexibility index (Phi) is 12.4. The Morgan fingerprint density at radius 3 is 1.41 bits per heavy atom. The van der Waals surface area contributed by atoms with Crippen LogP contribution in [0.1, 0.15) is 63.1 Å². The molecule has 0 heterocycles. The molecule has 0 N–H and O–H groups in total. The molecule has 0 aliphatic heterocycles. The maximum atomic E-state index is 2.26. The van der Waals surface area contributed by atoms with Crippen molar-refractivity contribution in [1.29, 1.82) is 0 Å². The van der Waals surface area contributed by atoms with E-state index in [1.807, 2.05) is 6.07 Å². The van der Waals surface area contributed by atoms with Crippen LogP contribution in [0, 0.1) is 0 Å². The van der Waals surface area contributed by atoms with Gasteiger partial charge in [-0.05, 0) is 41.9 Å². The Balaban J connectivity index is 0.000000204. The second-order valence-corrected chi connectivity index (χ2v) is 6.79. The highest BCUT2D eigenvalue weighted by molar-refractivity contribution is 5.18. The second kappa shape index (κ2) is 14.8. The normalized spacial score (nSPS) is 10.7. The highest BCUT2D eigenvalue weighted by atomic mass is 14.0. The van der Waals surface area contributed by atoms with Crippen molar-refractivity contribution < 1.29 is 0 Å². The first-order chi connectivity index (χ1) is 13.2. The molecule has 0 saturated carbocycles. The van der Waals surface area contributed by atoms with Crippen LogP contribution in [0.3, 0.4) is 0 Å². The lowest BCUT2D eigenvalue weighted by Gasteiger charge is -2.06. The molecule has 3 rings (SSSR count). The molecule has 0 aliphatic rings. The van der Waals surface area contributed by atoms with Crippen LogP contribution < -0.4 is 0 Å². The van der Waals surface area contributed by atoms with E-state index in [9.17, 15) is 0 Å². The van der Waals surface area contributed by atoms with Gasteiger partial charge in [-0.1, -0.05) is 125 Å². The fourth-order valence-electron chi connectivity index (χ4n) is 2.66. The molecule has 0 spiro atoms. The molecular formula is C27H36. The first-order valence-electron chi connectivity index (χ1n) is 10.3. The molecule has 0 saturated heterocycles. The molecule has 1 atom stereocenters. The standard InChI is InChI=1S/C10H14.C9H12.C8H10/c1-3-9(2)10-7-5-4-6-8-10;1-2-6-9-7-4-3-5-8-9;1-2-8-6-4-3-5-7-8/h4-9H,3H2,1-2H3;3-5,7-8H,2,6H2,1H3;3-7H,2H2,1H3. The molecular weight excluding hydrogens is 324 g/mol. The third-order valence-electron chi connectivity index (χ3n) is 4.61. The quantitative estimate of drug-likeness (QED) is 0.431. The second-order valence-electron chi connectivity index (χ2n) is 6.79. The zero-order valence-electron chi connectivity index (χ0n) is 17.6. The fraction of sp³-hybridized carbons (Fsp3) is 0.333. The molecule has 0 aliphatic carbocycles. The molecule has 0 aromatic heterocycles. The van der Waals surface area contributed by atoms with E-state index in [4.69, 9.17) is 0 Å². The Morgan fingerprint density at radius 1 is 0.593 bits per heavy atom. The van der Waals surface area contributed by atoms with Crippen LogP contribution in [-0.4, -0.2) is 0 Å². The van der Waals surface area contributed by atoms with Gasteiger partial charge in [0, 0.05) is 0 Å². The van der Waals surface area contributed by atoms with Crippen molar-refractivity contribution in [3.05, 3.63) is 108 Å². The van der Waals surface area contributed by atoms with Gasteiger partial charge in [-0.15, -0.1) is 0 Å². The van der Waals surface area contributed by atoms with Crippen molar-refractivity contribution in [3.8, 4) is 0 Å². The summed E-state index contributed by atoms with van der Waals surface area (Å²) in [4.78, 5) is 0. The summed E-state index contributed by atoms with van der Waals surface area (Å²) >= 11 is 0. The molecule has 3 aromatic rings. The number of aryl methyl sites for hydroxylation is 2. The minimum absolute atomic E-state index is 0.709. The van der Waals surface area contributed by atoms with E-state index < -0.39 is 0 Å². The van der Waals surface area contributed by atoms with Gasteiger partial charge in [-0.25, -0.2) is 0 Å². The zero-order valence-corrected chi connectivity index (χ0v) is 17.6. The minimum Gasteiger partial charge on any atom is -0.0651 e. The van der Waals surface area contributed by atoms with Gasteiger partial charge in [0.1, 0.15) is 0 Å². The SMILES string of the molecule is CCC(C)c1ccccc1.CCCc1ccccc1.CCc1ccccc1. The number of benzene rings is 3. The highest BCUT2D eigenvalue weighted by Gasteiger charge is 1.98. The Morgan fingerprint density at radius 2 is 1.04 bits per heavy atom. The van der Waals surface area contributed by atoms with Crippen molar-refractivity contribution in [2.75, 3.05) is 0 Å². The van der Waals surface area contributed by atoms with E-state index in [2.05, 4.69) is 113 Å². The van der Waals surface area contributed by atoms with Crippen LogP contribution in [0.5, 0.6) is 0 Å². The van der Waals surface area contributed by atoms with E-state index in [1.165, 1.54) is 36.0 Å². The lowest BCUT2D eigenvalue weighted by molar-refractivity contribution is 0.733. The first kappa shape index (κ1) is 22.7. The van der Waals surface area contributed by atoms with Crippen LogP contribution in [0.15, 0.2) is 91.0 Å². The van der Waals surface area contributed by atoms with Crippen LogP contribution in [-0.2, 0) is 12.8 Å². The van der Waals surface area contributed by atoms with Crippen molar-refractivity contribution in [2.24, 2.45) is 0 Å². The molecule has 0 bridgehead atoms. The third-order valence-corrected chi connectivity index (χ3v) is 4.61. The van der Waals surface area contributed by atoms with E-state index in [0.29, 0.717) is 5.92 Å².